The highest BCUT2D eigenvalue weighted by molar-refractivity contribution is 5.79. The molecule has 0 aliphatic carbocycles. The molecule has 5 nitrogen and oxygen atoms in total. The smallest absolute Gasteiger partial charge is 0.270 e. The predicted octanol–water partition coefficient (Wildman–Crippen LogP) is 5.83. The zero-order chi connectivity index (χ0) is 20.2. The number of rotatable bonds is 2. The summed E-state index contributed by atoms with van der Waals surface area (Å²) >= 11 is 0. The van der Waals surface area contributed by atoms with Gasteiger partial charge in [-0.15, -0.1) is 0 Å². The molecule has 2 heterocycles. The summed E-state index contributed by atoms with van der Waals surface area (Å²) in [6.07, 6.45) is 3.97. The molecular weight excluding hydrogens is 364 g/mol. The summed E-state index contributed by atoms with van der Waals surface area (Å²) in [6, 6.07) is 23.3. The highest BCUT2D eigenvalue weighted by Crippen LogP contribution is 2.57. The van der Waals surface area contributed by atoms with Crippen molar-refractivity contribution in [3.63, 3.8) is 0 Å². The number of hydrogen-bond donors (Lipinski definition) is 0. The molecule has 0 amide bonds. The van der Waals surface area contributed by atoms with E-state index in [2.05, 4.69) is 43.0 Å². The maximum Gasteiger partial charge on any atom is 0.270 e. The number of nitro groups is 1. The summed E-state index contributed by atoms with van der Waals surface area (Å²) in [5.74, 6) is 0.639. The van der Waals surface area contributed by atoms with Gasteiger partial charge in [-0.1, -0.05) is 36.4 Å². The van der Waals surface area contributed by atoms with Crippen molar-refractivity contribution in [1.29, 1.82) is 0 Å². The molecule has 3 aromatic rings. The van der Waals surface area contributed by atoms with E-state index in [1.165, 1.54) is 11.6 Å². The molecule has 1 spiro atoms. The maximum atomic E-state index is 11.2. The number of para-hydroxylation sites is 2. The van der Waals surface area contributed by atoms with Gasteiger partial charge in [-0.05, 0) is 55.8 Å². The zero-order valence-corrected chi connectivity index (χ0v) is 16.2. The second-order valence-corrected chi connectivity index (χ2v) is 7.92. The van der Waals surface area contributed by atoms with Crippen LogP contribution >= 0.6 is 0 Å². The van der Waals surface area contributed by atoms with E-state index in [1.54, 1.807) is 12.1 Å². The SMILES string of the molecule is CC1(C)c2ccccc2N(c2ccccc2)C12C=Cc1cc([N+](=O)[O-])ccc1O2. The third-order valence-corrected chi connectivity index (χ3v) is 6.02. The quantitative estimate of drug-likeness (QED) is 0.412. The van der Waals surface area contributed by atoms with Crippen molar-refractivity contribution in [3.8, 4) is 5.75 Å². The minimum absolute atomic E-state index is 0.0573. The fraction of sp³-hybridized carbons (Fsp3) is 0.167. The lowest BCUT2D eigenvalue weighted by molar-refractivity contribution is -0.384. The third-order valence-electron chi connectivity index (χ3n) is 6.02. The van der Waals surface area contributed by atoms with Gasteiger partial charge in [-0.3, -0.25) is 15.0 Å². The monoisotopic (exact) mass is 384 g/mol. The van der Waals surface area contributed by atoms with Gasteiger partial charge in [-0.2, -0.15) is 0 Å². The molecule has 3 aromatic carbocycles. The minimum Gasteiger partial charge on any atom is -0.462 e. The van der Waals surface area contributed by atoms with Gasteiger partial charge in [0, 0.05) is 29.1 Å². The summed E-state index contributed by atoms with van der Waals surface area (Å²) in [6.45, 7) is 4.35. The van der Waals surface area contributed by atoms with Crippen molar-refractivity contribution in [2.45, 2.75) is 25.0 Å². The number of non-ortho nitro benzene ring substituents is 1. The lowest BCUT2D eigenvalue weighted by Crippen LogP contribution is -2.57. The Kier molecular flexibility index (Phi) is 3.59. The number of benzene rings is 3. The average Bonchev–Trinajstić information content (AvgIpc) is 2.92. The minimum atomic E-state index is -0.791. The number of hydrogen-bond acceptors (Lipinski definition) is 4. The topological polar surface area (TPSA) is 55.6 Å². The van der Waals surface area contributed by atoms with Crippen LogP contribution in [0.25, 0.3) is 6.08 Å². The molecule has 2 aliphatic heterocycles. The number of nitrogens with zero attached hydrogens (tertiary/aromatic N) is 2. The molecule has 5 heteroatoms. The van der Waals surface area contributed by atoms with E-state index in [1.807, 2.05) is 42.5 Å². The van der Waals surface area contributed by atoms with Gasteiger partial charge >= 0.3 is 0 Å². The number of ether oxygens (including phenoxy) is 1. The van der Waals surface area contributed by atoms with Crippen molar-refractivity contribution >= 4 is 23.1 Å². The van der Waals surface area contributed by atoms with Crippen molar-refractivity contribution < 1.29 is 9.66 Å². The maximum absolute atomic E-state index is 11.2. The van der Waals surface area contributed by atoms with Gasteiger partial charge in [0.05, 0.1) is 10.3 Å². The molecular formula is C24H20N2O3. The van der Waals surface area contributed by atoms with Crippen LogP contribution in [0.4, 0.5) is 17.1 Å². The molecule has 0 bridgehead atoms. The van der Waals surface area contributed by atoms with Gasteiger partial charge in [0.25, 0.3) is 5.69 Å². The summed E-state index contributed by atoms with van der Waals surface area (Å²) in [7, 11) is 0. The highest BCUT2D eigenvalue weighted by Gasteiger charge is 2.59. The lowest BCUT2D eigenvalue weighted by Gasteiger charge is -2.47. The Labute approximate surface area is 169 Å². The van der Waals surface area contributed by atoms with E-state index in [9.17, 15) is 10.1 Å². The molecule has 0 N–H and O–H groups in total. The van der Waals surface area contributed by atoms with Crippen LogP contribution in [-0.2, 0) is 5.41 Å². The van der Waals surface area contributed by atoms with Gasteiger partial charge < -0.3 is 4.74 Å². The Morgan fingerprint density at radius 3 is 2.45 bits per heavy atom. The number of fused-ring (bicyclic) bond motifs is 2. The molecule has 0 aromatic heterocycles. The van der Waals surface area contributed by atoms with Crippen LogP contribution in [-0.4, -0.2) is 10.6 Å². The first-order valence-electron chi connectivity index (χ1n) is 9.55. The summed E-state index contributed by atoms with van der Waals surface area (Å²) < 4.78 is 6.70. The van der Waals surface area contributed by atoms with Crippen molar-refractivity contribution in [2.75, 3.05) is 4.90 Å². The van der Waals surface area contributed by atoms with E-state index < -0.39 is 5.72 Å². The van der Waals surface area contributed by atoms with Crippen LogP contribution in [0.2, 0.25) is 0 Å². The normalized spacial score (nSPS) is 20.8. The van der Waals surface area contributed by atoms with E-state index in [0.29, 0.717) is 11.3 Å². The molecule has 1 atom stereocenters. The fourth-order valence-corrected chi connectivity index (χ4v) is 4.49. The molecule has 2 aliphatic rings. The Hall–Kier alpha value is -3.60. The molecule has 1 unspecified atom stereocenters. The Morgan fingerprint density at radius 1 is 0.966 bits per heavy atom. The Morgan fingerprint density at radius 2 is 1.69 bits per heavy atom. The van der Waals surface area contributed by atoms with Crippen LogP contribution in [0.1, 0.15) is 25.0 Å². The van der Waals surface area contributed by atoms with Gasteiger partial charge in [0.1, 0.15) is 5.75 Å². The Bertz CT molecular complexity index is 1150. The zero-order valence-electron chi connectivity index (χ0n) is 16.2. The lowest BCUT2D eigenvalue weighted by atomic mass is 9.76. The molecule has 0 radical (unpaired) electrons. The average molecular weight is 384 g/mol. The van der Waals surface area contributed by atoms with Crippen molar-refractivity contribution in [1.82, 2.24) is 0 Å². The first-order chi connectivity index (χ1) is 13.9. The molecule has 0 saturated heterocycles. The summed E-state index contributed by atoms with van der Waals surface area (Å²) in [5, 5.41) is 11.2. The van der Waals surface area contributed by atoms with Crippen LogP contribution in [0.5, 0.6) is 5.75 Å². The van der Waals surface area contributed by atoms with E-state index >= 15 is 0 Å². The molecule has 144 valence electrons. The van der Waals surface area contributed by atoms with E-state index in [4.69, 9.17) is 4.74 Å². The van der Waals surface area contributed by atoms with Crippen molar-refractivity contribution in [3.05, 3.63) is 100 Å². The van der Waals surface area contributed by atoms with E-state index in [0.717, 1.165) is 11.4 Å². The summed E-state index contributed by atoms with van der Waals surface area (Å²) in [4.78, 5) is 13.0. The van der Waals surface area contributed by atoms with Crippen LogP contribution in [0, 0.1) is 10.1 Å². The standard InChI is InChI=1S/C24H20N2O3/c1-23(2)20-10-6-7-11-21(20)25(18-8-4-3-5-9-18)24(23)15-14-17-16-19(26(27)28)12-13-22(17)29-24/h3-16H,1-2H3. The second-order valence-electron chi connectivity index (χ2n) is 7.92. The second kappa shape index (κ2) is 5.95. The first-order valence-corrected chi connectivity index (χ1v) is 9.55. The largest absolute Gasteiger partial charge is 0.462 e. The molecule has 0 saturated carbocycles. The Balaban J connectivity index is 1.72. The van der Waals surface area contributed by atoms with Crippen LogP contribution in [0.15, 0.2) is 78.9 Å². The first kappa shape index (κ1) is 17.5. The van der Waals surface area contributed by atoms with Gasteiger partial charge in [0.15, 0.2) is 0 Å². The predicted molar refractivity (Wildman–Crippen MR) is 114 cm³/mol. The fourth-order valence-electron chi connectivity index (χ4n) is 4.49. The summed E-state index contributed by atoms with van der Waals surface area (Å²) in [5.41, 5.74) is 2.93. The third kappa shape index (κ3) is 2.34. The molecule has 0 fully saturated rings. The van der Waals surface area contributed by atoms with Gasteiger partial charge in [-0.25, -0.2) is 0 Å². The van der Waals surface area contributed by atoms with Crippen molar-refractivity contribution in [2.24, 2.45) is 0 Å². The van der Waals surface area contributed by atoms with Gasteiger partial charge in [0.2, 0.25) is 5.72 Å². The molecule has 29 heavy (non-hydrogen) atoms. The van der Waals surface area contributed by atoms with Crippen LogP contribution < -0.4 is 9.64 Å². The van der Waals surface area contributed by atoms with Crippen LogP contribution in [0.3, 0.4) is 0 Å². The highest BCUT2D eigenvalue weighted by atomic mass is 16.6. The number of anilines is 2. The molecule has 5 rings (SSSR count). The van der Waals surface area contributed by atoms with E-state index in [-0.39, 0.29) is 16.0 Å². The number of nitro benzene ring substituents is 1.